The Bertz CT molecular complexity index is 541. The zero-order valence-corrected chi connectivity index (χ0v) is 11.3. The minimum absolute atomic E-state index is 0.0269. The van der Waals surface area contributed by atoms with E-state index >= 15 is 0 Å². The summed E-state index contributed by atoms with van der Waals surface area (Å²) in [6, 6.07) is 6.12. The van der Waals surface area contributed by atoms with Crippen LogP contribution in [0.15, 0.2) is 28.9 Å². The number of benzene rings is 1. The molecule has 0 aliphatic rings. The lowest BCUT2D eigenvalue weighted by atomic mass is 9.84. The highest BCUT2D eigenvalue weighted by Gasteiger charge is 2.20. The maximum absolute atomic E-state index is 6.04. The van der Waals surface area contributed by atoms with Crippen LogP contribution in [0.5, 0.6) is 0 Å². The van der Waals surface area contributed by atoms with Crippen molar-refractivity contribution in [1.29, 1.82) is 0 Å². The molecule has 0 fully saturated rings. The maximum Gasteiger partial charge on any atom is 0.0717 e. The third-order valence-electron chi connectivity index (χ3n) is 2.61. The molecule has 1 aromatic carbocycles. The summed E-state index contributed by atoms with van der Waals surface area (Å²) in [5, 5.41) is 1.13. The molecule has 0 amide bonds. The van der Waals surface area contributed by atoms with Gasteiger partial charge in [-0.2, -0.15) is 0 Å². The monoisotopic (exact) mass is 278 g/mol. The fourth-order valence-corrected chi connectivity index (χ4v) is 2.37. The van der Waals surface area contributed by atoms with Gasteiger partial charge in [0.15, 0.2) is 0 Å². The highest BCUT2D eigenvalue weighted by atomic mass is 79.9. The number of pyridine rings is 1. The van der Waals surface area contributed by atoms with E-state index in [1.54, 1.807) is 6.20 Å². The van der Waals surface area contributed by atoms with Crippen LogP contribution >= 0.6 is 15.9 Å². The second-order valence-electron chi connectivity index (χ2n) is 5.00. The number of hydrogen-bond acceptors (Lipinski definition) is 2. The van der Waals surface area contributed by atoms with Gasteiger partial charge in [-0.1, -0.05) is 42.8 Å². The Hall–Kier alpha value is -1.09. The average molecular weight is 279 g/mol. The minimum Gasteiger partial charge on any atom is -0.397 e. The van der Waals surface area contributed by atoms with Crippen molar-refractivity contribution in [3.05, 3.63) is 34.4 Å². The van der Waals surface area contributed by atoms with E-state index in [4.69, 9.17) is 5.73 Å². The van der Waals surface area contributed by atoms with Crippen LogP contribution in [-0.4, -0.2) is 4.98 Å². The Balaban J connectivity index is 2.85. The van der Waals surface area contributed by atoms with Gasteiger partial charge in [-0.15, -0.1) is 0 Å². The third-order valence-corrected chi connectivity index (χ3v) is 3.10. The number of fused-ring (bicyclic) bond motifs is 1. The van der Waals surface area contributed by atoms with Crippen LogP contribution in [0.4, 0.5) is 5.69 Å². The summed E-state index contributed by atoms with van der Waals surface area (Å²) in [6.07, 6.45) is 1.75. The van der Waals surface area contributed by atoms with Gasteiger partial charge in [-0.05, 0) is 23.1 Å². The molecule has 2 N–H and O–H groups in total. The van der Waals surface area contributed by atoms with E-state index in [-0.39, 0.29) is 5.41 Å². The molecule has 0 aliphatic heterocycles. The lowest BCUT2D eigenvalue weighted by Gasteiger charge is -2.23. The molecular weight excluding hydrogens is 264 g/mol. The summed E-state index contributed by atoms with van der Waals surface area (Å²) in [5.41, 5.74) is 8.98. The van der Waals surface area contributed by atoms with Crippen LogP contribution in [0, 0.1) is 0 Å². The van der Waals surface area contributed by atoms with Gasteiger partial charge in [0.1, 0.15) is 0 Å². The summed E-state index contributed by atoms with van der Waals surface area (Å²) in [7, 11) is 0. The standard InChI is InChI=1S/C13H15BrN2/c1-13(2,3)12-9-5-4-8(14)6-11(9)16-7-10(12)15/h4-7H,15H2,1-3H3. The quantitative estimate of drug-likeness (QED) is 0.794. The second-order valence-corrected chi connectivity index (χ2v) is 5.92. The first-order valence-electron chi connectivity index (χ1n) is 5.24. The summed E-state index contributed by atoms with van der Waals surface area (Å²) >= 11 is 3.45. The van der Waals surface area contributed by atoms with Crippen LogP contribution in [0.3, 0.4) is 0 Å². The molecule has 0 saturated carbocycles. The number of hydrogen-bond donors (Lipinski definition) is 1. The number of nitrogens with two attached hydrogens (primary N) is 1. The summed E-state index contributed by atoms with van der Waals surface area (Å²) in [6.45, 7) is 6.50. The molecule has 1 aromatic heterocycles. The van der Waals surface area contributed by atoms with Crippen LogP contribution in [0.1, 0.15) is 26.3 Å². The molecule has 16 heavy (non-hydrogen) atoms. The van der Waals surface area contributed by atoms with Crippen molar-refractivity contribution in [3.63, 3.8) is 0 Å². The highest BCUT2D eigenvalue weighted by molar-refractivity contribution is 9.10. The van der Waals surface area contributed by atoms with Gasteiger partial charge in [0.25, 0.3) is 0 Å². The highest BCUT2D eigenvalue weighted by Crippen LogP contribution is 2.34. The fourth-order valence-electron chi connectivity index (χ4n) is 2.02. The van der Waals surface area contributed by atoms with Gasteiger partial charge in [0.2, 0.25) is 0 Å². The topological polar surface area (TPSA) is 38.9 Å². The molecule has 2 aromatic rings. The van der Waals surface area contributed by atoms with Crippen LogP contribution in [0.25, 0.3) is 10.9 Å². The van der Waals surface area contributed by atoms with E-state index in [1.165, 1.54) is 5.56 Å². The molecule has 2 nitrogen and oxygen atoms in total. The molecule has 1 heterocycles. The average Bonchev–Trinajstić information content (AvgIpc) is 2.16. The first kappa shape index (κ1) is 11.4. The number of aromatic nitrogens is 1. The first-order chi connectivity index (χ1) is 7.39. The molecule has 0 bridgehead atoms. The molecular formula is C13H15BrN2. The van der Waals surface area contributed by atoms with Gasteiger partial charge in [-0.25, -0.2) is 0 Å². The fraction of sp³-hybridized carbons (Fsp3) is 0.308. The Labute approximate surface area is 104 Å². The summed E-state index contributed by atoms with van der Waals surface area (Å²) in [4.78, 5) is 4.36. The van der Waals surface area contributed by atoms with Crippen molar-refractivity contribution >= 4 is 32.5 Å². The summed E-state index contributed by atoms with van der Waals surface area (Å²) < 4.78 is 1.04. The van der Waals surface area contributed by atoms with Gasteiger partial charge in [-0.3, -0.25) is 4.98 Å². The van der Waals surface area contributed by atoms with Crippen LogP contribution in [0.2, 0.25) is 0 Å². The Morgan fingerprint density at radius 1 is 1.25 bits per heavy atom. The van der Waals surface area contributed by atoms with Crippen molar-refractivity contribution in [1.82, 2.24) is 4.98 Å². The minimum atomic E-state index is 0.0269. The smallest absolute Gasteiger partial charge is 0.0717 e. The number of rotatable bonds is 0. The molecule has 0 saturated heterocycles. The van der Waals surface area contributed by atoms with E-state index in [0.717, 1.165) is 21.1 Å². The van der Waals surface area contributed by atoms with Gasteiger partial charge in [0.05, 0.1) is 17.4 Å². The van der Waals surface area contributed by atoms with E-state index in [2.05, 4.69) is 47.8 Å². The number of anilines is 1. The second kappa shape index (κ2) is 3.74. The Kier molecular flexibility index (Phi) is 2.66. The van der Waals surface area contributed by atoms with Crippen molar-refractivity contribution in [2.75, 3.05) is 5.73 Å². The number of nitrogens with zero attached hydrogens (tertiary/aromatic N) is 1. The Morgan fingerprint density at radius 3 is 2.56 bits per heavy atom. The molecule has 3 heteroatoms. The molecule has 0 aliphatic carbocycles. The van der Waals surface area contributed by atoms with E-state index in [9.17, 15) is 0 Å². The molecule has 0 radical (unpaired) electrons. The SMILES string of the molecule is CC(C)(C)c1c(N)cnc2cc(Br)ccc12. The van der Waals surface area contributed by atoms with Gasteiger partial charge < -0.3 is 5.73 Å². The van der Waals surface area contributed by atoms with E-state index in [0.29, 0.717) is 0 Å². The van der Waals surface area contributed by atoms with Crippen molar-refractivity contribution in [2.24, 2.45) is 0 Å². The van der Waals surface area contributed by atoms with Crippen molar-refractivity contribution in [2.45, 2.75) is 26.2 Å². The lowest BCUT2D eigenvalue weighted by molar-refractivity contribution is 0.597. The number of nitrogen functional groups attached to an aromatic ring is 1. The third kappa shape index (κ3) is 1.92. The lowest BCUT2D eigenvalue weighted by Crippen LogP contribution is -2.15. The van der Waals surface area contributed by atoms with Crippen LogP contribution < -0.4 is 5.73 Å². The van der Waals surface area contributed by atoms with Crippen molar-refractivity contribution in [3.8, 4) is 0 Å². The molecule has 84 valence electrons. The first-order valence-corrected chi connectivity index (χ1v) is 6.03. The largest absolute Gasteiger partial charge is 0.397 e. The summed E-state index contributed by atoms with van der Waals surface area (Å²) in [5.74, 6) is 0. The Morgan fingerprint density at radius 2 is 1.94 bits per heavy atom. The van der Waals surface area contributed by atoms with E-state index in [1.807, 2.05) is 12.1 Å². The molecule has 0 atom stereocenters. The van der Waals surface area contributed by atoms with E-state index < -0.39 is 0 Å². The van der Waals surface area contributed by atoms with Crippen LogP contribution in [-0.2, 0) is 5.41 Å². The number of halogens is 1. The van der Waals surface area contributed by atoms with Gasteiger partial charge >= 0.3 is 0 Å². The molecule has 0 unspecified atom stereocenters. The zero-order chi connectivity index (χ0) is 11.9. The molecule has 0 spiro atoms. The molecule has 2 rings (SSSR count). The van der Waals surface area contributed by atoms with Gasteiger partial charge in [0, 0.05) is 9.86 Å². The normalized spacial score (nSPS) is 12.0. The zero-order valence-electron chi connectivity index (χ0n) is 9.71. The maximum atomic E-state index is 6.04. The van der Waals surface area contributed by atoms with Crippen molar-refractivity contribution < 1.29 is 0 Å². The predicted molar refractivity (Wildman–Crippen MR) is 72.6 cm³/mol. The predicted octanol–water partition coefficient (Wildman–Crippen LogP) is 3.88.